The molecule has 1 aromatic carbocycles. The second-order valence-corrected chi connectivity index (χ2v) is 5.55. The molecule has 2 N–H and O–H groups in total. The Hall–Kier alpha value is -1.01. The van der Waals surface area contributed by atoms with Gasteiger partial charge in [0, 0.05) is 4.47 Å². The fourth-order valence-corrected chi connectivity index (χ4v) is 2.31. The molecule has 0 aliphatic carbocycles. The third-order valence-electron chi connectivity index (χ3n) is 2.66. The summed E-state index contributed by atoms with van der Waals surface area (Å²) in [5, 5.41) is 4.38. The lowest BCUT2D eigenvalue weighted by Gasteiger charge is -2.08. The van der Waals surface area contributed by atoms with E-state index in [1.165, 1.54) is 0 Å². The number of anilines is 1. The monoisotopic (exact) mass is 373 g/mol. The summed E-state index contributed by atoms with van der Waals surface area (Å²) in [7, 11) is 1.65. The van der Waals surface area contributed by atoms with Gasteiger partial charge in [-0.05, 0) is 46.6 Å². The Labute approximate surface area is 122 Å². The normalized spacial score (nSPS) is 10.7. The molecule has 18 heavy (non-hydrogen) atoms. The maximum absolute atomic E-state index is 5.98. The van der Waals surface area contributed by atoms with E-state index in [1.54, 1.807) is 11.8 Å². The van der Waals surface area contributed by atoms with E-state index in [0.717, 1.165) is 26.0 Å². The molecular formula is C12H13Br2N3O. The zero-order valence-corrected chi connectivity index (χ0v) is 13.2. The molecule has 96 valence electrons. The molecule has 0 atom stereocenters. The number of rotatable bonds is 3. The summed E-state index contributed by atoms with van der Waals surface area (Å²) in [4.78, 5) is 0. The van der Waals surface area contributed by atoms with Crippen molar-refractivity contribution in [2.45, 2.75) is 13.5 Å². The highest BCUT2D eigenvalue weighted by Crippen LogP contribution is 2.27. The first-order chi connectivity index (χ1) is 8.52. The second-order valence-electron chi connectivity index (χ2n) is 3.90. The smallest absolute Gasteiger partial charge is 0.136 e. The lowest BCUT2D eigenvalue weighted by atomic mass is 10.2. The Balaban J connectivity index is 2.36. The van der Waals surface area contributed by atoms with Crippen LogP contribution in [0.5, 0.6) is 5.75 Å². The molecular weight excluding hydrogens is 362 g/mol. The second kappa shape index (κ2) is 5.32. The van der Waals surface area contributed by atoms with Crippen LogP contribution in [0.4, 0.5) is 5.82 Å². The van der Waals surface area contributed by atoms with E-state index in [-0.39, 0.29) is 0 Å². The zero-order chi connectivity index (χ0) is 13.3. The van der Waals surface area contributed by atoms with Crippen molar-refractivity contribution < 1.29 is 4.74 Å². The summed E-state index contributed by atoms with van der Waals surface area (Å²) in [6.45, 7) is 2.51. The molecule has 2 aromatic rings. The Bertz CT molecular complexity index is 581. The molecule has 4 nitrogen and oxygen atoms in total. The van der Waals surface area contributed by atoms with Crippen LogP contribution in [0, 0.1) is 6.92 Å². The maximum Gasteiger partial charge on any atom is 0.136 e. The molecule has 2 rings (SSSR count). The number of benzene rings is 1. The summed E-state index contributed by atoms with van der Waals surface area (Å²) in [6.07, 6.45) is 0. The van der Waals surface area contributed by atoms with E-state index < -0.39 is 0 Å². The molecule has 6 heteroatoms. The van der Waals surface area contributed by atoms with Crippen molar-refractivity contribution in [3.8, 4) is 5.75 Å². The van der Waals surface area contributed by atoms with Gasteiger partial charge in [0.1, 0.15) is 11.6 Å². The topological polar surface area (TPSA) is 53.1 Å². The van der Waals surface area contributed by atoms with Crippen molar-refractivity contribution >= 4 is 37.7 Å². The average molecular weight is 375 g/mol. The van der Waals surface area contributed by atoms with E-state index >= 15 is 0 Å². The lowest BCUT2D eigenvalue weighted by molar-refractivity contribution is 0.414. The predicted octanol–water partition coefficient (Wildman–Crippen LogP) is 3.36. The number of aryl methyl sites for hydroxylation is 1. The van der Waals surface area contributed by atoms with Crippen molar-refractivity contribution in [2.75, 3.05) is 12.8 Å². The molecule has 1 heterocycles. The van der Waals surface area contributed by atoms with Gasteiger partial charge in [0.05, 0.1) is 23.8 Å². The molecule has 0 aliphatic rings. The van der Waals surface area contributed by atoms with Gasteiger partial charge in [0.2, 0.25) is 0 Å². The van der Waals surface area contributed by atoms with Crippen LogP contribution in [0.15, 0.2) is 27.1 Å². The van der Waals surface area contributed by atoms with Gasteiger partial charge in [0.25, 0.3) is 0 Å². The van der Waals surface area contributed by atoms with Crippen LogP contribution >= 0.6 is 31.9 Å². The SMILES string of the molecule is COc1ccc(Br)c(Cn2nc(C)c(Br)c2N)c1. The van der Waals surface area contributed by atoms with Crippen molar-refractivity contribution in [3.63, 3.8) is 0 Å². The van der Waals surface area contributed by atoms with Crippen LogP contribution in [0.1, 0.15) is 11.3 Å². The van der Waals surface area contributed by atoms with Gasteiger partial charge < -0.3 is 10.5 Å². The number of halogens is 2. The molecule has 0 fully saturated rings. The largest absolute Gasteiger partial charge is 0.497 e. The van der Waals surface area contributed by atoms with E-state index in [0.29, 0.717) is 12.4 Å². The molecule has 0 saturated carbocycles. The third kappa shape index (κ3) is 2.54. The number of nitrogen functional groups attached to an aromatic ring is 1. The Kier molecular flexibility index (Phi) is 3.97. The van der Waals surface area contributed by atoms with Crippen molar-refractivity contribution in [1.82, 2.24) is 9.78 Å². The minimum Gasteiger partial charge on any atom is -0.497 e. The van der Waals surface area contributed by atoms with Gasteiger partial charge >= 0.3 is 0 Å². The number of aromatic nitrogens is 2. The minimum atomic E-state index is 0.593. The highest BCUT2D eigenvalue weighted by molar-refractivity contribution is 9.11. The maximum atomic E-state index is 5.98. The molecule has 0 saturated heterocycles. The standard InChI is InChI=1S/C12H13Br2N3O/c1-7-11(14)12(15)17(16-7)6-8-5-9(18-2)3-4-10(8)13/h3-5H,6,15H2,1-2H3. The van der Waals surface area contributed by atoms with E-state index in [2.05, 4.69) is 37.0 Å². The summed E-state index contributed by atoms with van der Waals surface area (Å²) >= 11 is 6.93. The van der Waals surface area contributed by atoms with E-state index in [9.17, 15) is 0 Å². The molecule has 0 unspecified atom stereocenters. The molecule has 1 aromatic heterocycles. The third-order valence-corrected chi connectivity index (χ3v) is 4.42. The fraction of sp³-hybridized carbons (Fsp3) is 0.250. The summed E-state index contributed by atoms with van der Waals surface area (Å²) in [5.74, 6) is 1.44. The molecule has 0 aliphatic heterocycles. The van der Waals surface area contributed by atoms with Crippen LogP contribution in [0.3, 0.4) is 0 Å². The Morgan fingerprint density at radius 1 is 1.39 bits per heavy atom. The van der Waals surface area contributed by atoms with Gasteiger partial charge in [-0.2, -0.15) is 5.10 Å². The lowest BCUT2D eigenvalue weighted by Crippen LogP contribution is -2.06. The predicted molar refractivity (Wildman–Crippen MR) is 78.9 cm³/mol. The average Bonchev–Trinajstić information content (AvgIpc) is 2.60. The van der Waals surface area contributed by atoms with Gasteiger partial charge in [-0.3, -0.25) is 0 Å². The van der Waals surface area contributed by atoms with Crippen LogP contribution in [0.2, 0.25) is 0 Å². The van der Waals surface area contributed by atoms with Crippen LogP contribution in [-0.2, 0) is 6.54 Å². The fourth-order valence-electron chi connectivity index (χ4n) is 1.66. The highest BCUT2D eigenvalue weighted by Gasteiger charge is 2.11. The summed E-state index contributed by atoms with van der Waals surface area (Å²) in [6, 6.07) is 5.82. The zero-order valence-electron chi connectivity index (χ0n) is 10.1. The molecule has 0 amide bonds. The van der Waals surface area contributed by atoms with Crippen molar-refractivity contribution in [2.24, 2.45) is 0 Å². The van der Waals surface area contributed by atoms with Gasteiger partial charge in [0.15, 0.2) is 0 Å². The van der Waals surface area contributed by atoms with Crippen LogP contribution in [-0.4, -0.2) is 16.9 Å². The summed E-state index contributed by atoms with van der Waals surface area (Å²) in [5.41, 5.74) is 7.93. The Morgan fingerprint density at radius 2 is 2.11 bits per heavy atom. The number of hydrogen-bond acceptors (Lipinski definition) is 3. The quantitative estimate of drug-likeness (QED) is 0.896. The number of hydrogen-bond donors (Lipinski definition) is 1. The molecule has 0 spiro atoms. The first-order valence-corrected chi connectivity index (χ1v) is 6.92. The minimum absolute atomic E-state index is 0.593. The van der Waals surface area contributed by atoms with Crippen molar-refractivity contribution in [1.29, 1.82) is 0 Å². The summed E-state index contributed by atoms with van der Waals surface area (Å²) < 4.78 is 8.83. The van der Waals surface area contributed by atoms with Crippen LogP contribution in [0.25, 0.3) is 0 Å². The molecule has 0 radical (unpaired) electrons. The number of nitrogens with zero attached hydrogens (tertiary/aromatic N) is 2. The highest BCUT2D eigenvalue weighted by atomic mass is 79.9. The van der Waals surface area contributed by atoms with Gasteiger partial charge in [-0.25, -0.2) is 4.68 Å². The first-order valence-electron chi connectivity index (χ1n) is 5.33. The van der Waals surface area contributed by atoms with E-state index in [4.69, 9.17) is 10.5 Å². The van der Waals surface area contributed by atoms with Crippen LogP contribution < -0.4 is 10.5 Å². The van der Waals surface area contributed by atoms with E-state index in [1.807, 2.05) is 25.1 Å². The molecule has 0 bridgehead atoms. The Morgan fingerprint density at radius 3 is 2.67 bits per heavy atom. The van der Waals surface area contributed by atoms with Gasteiger partial charge in [-0.15, -0.1) is 0 Å². The first kappa shape index (κ1) is 13.4. The number of methoxy groups -OCH3 is 1. The van der Waals surface area contributed by atoms with Gasteiger partial charge in [-0.1, -0.05) is 15.9 Å². The number of ether oxygens (including phenoxy) is 1. The number of nitrogens with two attached hydrogens (primary N) is 1. The van der Waals surface area contributed by atoms with Crippen molar-refractivity contribution in [3.05, 3.63) is 38.4 Å².